The molecule has 0 radical (unpaired) electrons. The molecule has 0 spiro atoms. The molecule has 2 aromatic rings. The second-order valence-corrected chi connectivity index (χ2v) is 8.72. The molecule has 0 aromatic heterocycles. The molecule has 1 heterocycles. The number of nitrogens with zero attached hydrogens (tertiary/aromatic N) is 1. The van der Waals surface area contributed by atoms with Gasteiger partial charge >= 0.3 is 0 Å². The van der Waals surface area contributed by atoms with E-state index in [1.807, 2.05) is 31.2 Å². The molecule has 1 aliphatic rings. The number of hydrogen-bond donors (Lipinski definition) is 0. The summed E-state index contributed by atoms with van der Waals surface area (Å²) in [5, 5.41) is 0.515. The molecular weight excluding hydrogens is 370 g/mol. The highest BCUT2D eigenvalue weighted by atomic mass is 35.5. The third-order valence-corrected chi connectivity index (χ3v) is 6.82. The molecule has 1 unspecified atom stereocenters. The summed E-state index contributed by atoms with van der Waals surface area (Å²) in [4.78, 5) is 12.1. The van der Waals surface area contributed by atoms with E-state index >= 15 is 0 Å². The van der Waals surface area contributed by atoms with Crippen LogP contribution in [0.1, 0.15) is 30.5 Å². The van der Waals surface area contributed by atoms with Gasteiger partial charge in [-0.05, 0) is 44.0 Å². The first-order valence-corrected chi connectivity index (χ1v) is 10.2. The van der Waals surface area contributed by atoms with Gasteiger partial charge in [-0.15, -0.1) is 0 Å². The summed E-state index contributed by atoms with van der Waals surface area (Å²) in [6.45, 7) is 3.40. The molecule has 136 valence electrons. The summed E-state index contributed by atoms with van der Waals surface area (Å²) in [5.41, 5.74) is 2.22. The number of benzene rings is 2. The Balaban J connectivity index is 2.10. The number of Topliss-reactive ketones (excluding diaryl/α,β-unsaturated/α-hetero) is 1. The zero-order valence-electron chi connectivity index (χ0n) is 14.6. The SMILES string of the molecule is CC(=O)C1=CCC(c2ccccc2Cl)N(S(=O)(=O)c2ccc(C)cc2)C1. The Morgan fingerprint density at radius 1 is 1.12 bits per heavy atom. The fraction of sp³-hybridized carbons (Fsp3) is 0.250. The van der Waals surface area contributed by atoms with Gasteiger partial charge < -0.3 is 0 Å². The van der Waals surface area contributed by atoms with E-state index in [9.17, 15) is 13.2 Å². The molecule has 0 amide bonds. The van der Waals surface area contributed by atoms with Gasteiger partial charge in [0.2, 0.25) is 10.0 Å². The maximum atomic E-state index is 13.3. The number of ketones is 1. The van der Waals surface area contributed by atoms with E-state index in [2.05, 4.69) is 0 Å². The molecule has 0 aliphatic carbocycles. The lowest BCUT2D eigenvalue weighted by Gasteiger charge is -2.34. The standard InChI is InChI=1S/C20H20ClNO3S/c1-14-7-10-17(11-8-14)26(24,25)22-13-16(15(2)23)9-12-20(22)18-5-3-4-6-19(18)21/h3-11,20H,12-13H2,1-2H3. The zero-order chi connectivity index (χ0) is 18.9. The van der Waals surface area contributed by atoms with Gasteiger partial charge in [0.25, 0.3) is 0 Å². The Labute approximate surface area is 159 Å². The van der Waals surface area contributed by atoms with Crippen molar-refractivity contribution in [2.75, 3.05) is 6.54 Å². The molecule has 4 nitrogen and oxygen atoms in total. The van der Waals surface area contributed by atoms with E-state index in [4.69, 9.17) is 11.6 Å². The highest BCUT2D eigenvalue weighted by Crippen LogP contribution is 2.37. The van der Waals surface area contributed by atoms with Crippen molar-refractivity contribution in [3.63, 3.8) is 0 Å². The first-order valence-electron chi connectivity index (χ1n) is 8.33. The van der Waals surface area contributed by atoms with E-state index in [0.717, 1.165) is 11.1 Å². The van der Waals surface area contributed by atoms with Crippen molar-refractivity contribution in [2.24, 2.45) is 0 Å². The second-order valence-electron chi connectivity index (χ2n) is 6.42. The smallest absolute Gasteiger partial charge is 0.243 e. The lowest BCUT2D eigenvalue weighted by Crippen LogP contribution is -2.39. The topological polar surface area (TPSA) is 54.5 Å². The predicted octanol–water partition coefficient (Wildman–Crippen LogP) is 4.30. The Kier molecular flexibility index (Phi) is 5.32. The molecule has 1 aliphatic heterocycles. The predicted molar refractivity (Wildman–Crippen MR) is 103 cm³/mol. The highest BCUT2D eigenvalue weighted by molar-refractivity contribution is 7.89. The van der Waals surface area contributed by atoms with Crippen molar-refractivity contribution >= 4 is 27.4 Å². The quantitative estimate of drug-likeness (QED) is 0.783. The maximum Gasteiger partial charge on any atom is 0.243 e. The number of halogens is 1. The molecule has 0 saturated carbocycles. The average Bonchev–Trinajstić information content (AvgIpc) is 2.62. The van der Waals surface area contributed by atoms with E-state index in [0.29, 0.717) is 17.0 Å². The fourth-order valence-electron chi connectivity index (χ4n) is 3.09. The first kappa shape index (κ1) is 18.8. The van der Waals surface area contributed by atoms with Gasteiger partial charge in [0, 0.05) is 17.1 Å². The van der Waals surface area contributed by atoms with Crippen LogP contribution in [0.15, 0.2) is 65.1 Å². The van der Waals surface area contributed by atoms with Crippen LogP contribution < -0.4 is 0 Å². The Hall–Kier alpha value is -1.95. The van der Waals surface area contributed by atoms with Crippen LogP contribution in [-0.2, 0) is 14.8 Å². The molecular formula is C20H20ClNO3S. The van der Waals surface area contributed by atoms with Crippen molar-refractivity contribution in [1.82, 2.24) is 4.31 Å². The fourth-order valence-corrected chi connectivity index (χ4v) is 4.95. The monoisotopic (exact) mass is 389 g/mol. The molecule has 6 heteroatoms. The minimum absolute atomic E-state index is 0.0431. The largest absolute Gasteiger partial charge is 0.295 e. The minimum Gasteiger partial charge on any atom is -0.295 e. The van der Waals surface area contributed by atoms with Crippen molar-refractivity contribution < 1.29 is 13.2 Å². The Morgan fingerprint density at radius 2 is 1.77 bits per heavy atom. The van der Waals surface area contributed by atoms with Crippen molar-refractivity contribution in [3.8, 4) is 0 Å². The Morgan fingerprint density at radius 3 is 2.38 bits per heavy atom. The third-order valence-electron chi connectivity index (χ3n) is 4.61. The van der Waals surface area contributed by atoms with Crippen molar-refractivity contribution in [2.45, 2.75) is 31.2 Å². The zero-order valence-corrected chi connectivity index (χ0v) is 16.2. The van der Waals surface area contributed by atoms with Gasteiger partial charge in [-0.3, -0.25) is 4.79 Å². The van der Waals surface area contributed by atoms with Crippen LogP contribution in [0, 0.1) is 6.92 Å². The lowest BCUT2D eigenvalue weighted by molar-refractivity contribution is -0.113. The van der Waals surface area contributed by atoms with Gasteiger partial charge in [-0.25, -0.2) is 8.42 Å². The number of aryl methyl sites for hydroxylation is 1. The number of rotatable bonds is 4. The van der Waals surface area contributed by atoms with Gasteiger partial charge in [0.1, 0.15) is 0 Å². The van der Waals surface area contributed by atoms with E-state index in [-0.39, 0.29) is 17.2 Å². The van der Waals surface area contributed by atoms with Crippen LogP contribution in [0.2, 0.25) is 5.02 Å². The molecule has 26 heavy (non-hydrogen) atoms. The van der Waals surface area contributed by atoms with E-state index in [1.54, 1.807) is 30.3 Å². The second kappa shape index (κ2) is 7.35. The minimum atomic E-state index is -3.78. The van der Waals surface area contributed by atoms with Crippen LogP contribution in [0.5, 0.6) is 0 Å². The van der Waals surface area contributed by atoms with E-state index in [1.165, 1.54) is 11.2 Å². The summed E-state index contributed by atoms with van der Waals surface area (Å²) < 4.78 is 28.0. The number of carbonyl (C=O) groups excluding carboxylic acids is 1. The van der Waals surface area contributed by atoms with Crippen LogP contribution in [-0.4, -0.2) is 25.1 Å². The van der Waals surface area contributed by atoms with Gasteiger partial charge in [-0.2, -0.15) is 4.31 Å². The Bertz CT molecular complexity index is 965. The third kappa shape index (κ3) is 3.61. The summed E-state index contributed by atoms with van der Waals surface area (Å²) >= 11 is 6.33. The summed E-state index contributed by atoms with van der Waals surface area (Å²) in [6, 6.07) is 13.5. The summed E-state index contributed by atoms with van der Waals surface area (Å²) in [5.74, 6) is -0.119. The molecule has 0 N–H and O–H groups in total. The molecule has 2 aromatic carbocycles. The van der Waals surface area contributed by atoms with Crippen LogP contribution in [0.4, 0.5) is 0 Å². The van der Waals surface area contributed by atoms with Gasteiger partial charge in [0.15, 0.2) is 5.78 Å². The van der Waals surface area contributed by atoms with Gasteiger partial charge in [-0.1, -0.05) is 53.6 Å². The van der Waals surface area contributed by atoms with Gasteiger partial charge in [0.05, 0.1) is 10.9 Å². The maximum absolute atomic E-state index is 13.3. The van der Waals surface area contributed by atoms with Crippen molar-refractivity contribution in [1.29, 1.82) is 0 Å². The van der Waals surface area contributed by atoms with Crippen molar-refractivity contribution in [3.05, 3.63) is 76.3 Å². The molecule has 0 bridgehead atoms. The first-order chi connectivity index (χ1) is 12.3. The summed E-state index contributed by atoms with van der Waals surface area (Å²) in [6.07, 6.45) is 2.22. The lowest BCUT2D eigenvalue weighted by atomic mass is 9.97. The van der Waals surface area contributed by atoms with E-state index < -0.39 is 16.1 Å². The highest BCUT2D eigenvalue weighted by Gasteiger charge is 2.36. The molecule has 1 atom stereocenters. The summed E-state index contributed by atoms with van der Waals surface area (Å²) in [7, 11) is -3.78. The van der Waals surface area contributed by atoms with Crippen LogP contribution >= 0.6 is 11.6 Å². The number of sulfonamides is 1. The molecule has 3 rings (SSSR count). The van der Waals surface area contributed by atoms with Crippen LogP contribution in [0.3, 0.4) is 0 Å². The number of hydrogen-bond acceptors (Lipinski definition) is 3. The normalized spacial score (nSPS) is 18.4. The number of carbonyl (C=O) groups is 1. The average molecular weight is 390 g/mol. The van der Waals surface area contributed by atoms with Crippen LogP contribution in [0.25, 0.3) is 0 Å². The molecule has 0 saturated heterocycles. The molecule has 0 fully saturated rings.